The molecule has 100 valence electrons. The van der Waals surface area contributed by atoms with E-state index in [1.807, 2.05) is 0 Å². The van der Waals surface area contributed by atoms with E-state index in [1.165, 1.54) is 7.11 Å². The van der Waals surface area contributed by atoms with Crippen molar-refractivity contribution in [1.29, 1.82) is 0 Å². The van der Waals surface area contributed by atoms with Gasteiger partial charge in [-0.3, -0.25) is 0 Å². The number of hydrogen-bond donors (Lipinski definition) is 4. The maximum Gasteiger partial charge on any atom is 0.184 e. The average Bonchev–Trinajstić information content (AvgIpc) is 2.64. The number of hydrogen-bond acceptors (Lipinski definition) is 6. The van der Waals surface area contributed by atoms with Gasteiger partial charge in [0.05, 0.1) is 13.7 Å². The Morgan fingerprint density at radius 3 is 2.22 bits per heavy atom. The van der Waals surface area contributed by atoms with E-state index in [1.54, 1.807) is 24.3 Å². The molecule has 0 saturated carbocycles. The van der Waals surface area contributed by atoms with E-state index in [0.717, 1.165) is 0 Å². The van der Waals surface area contributed by atoms with Gasteiger partial charge in [-0.25, -0.2) is 0 Å². The molecule has 4 atom stereocenters. The second-order valence-electron chi connectivity index (χ2n) is 4.22. The Morgan fingerprint density at radius 2 is 1.83 bits per heavy atom. The first-order valence-electron chi connectivity index (χ1n) is 5.52. The molecule has 0 bridgehead atoms. The molecule has 1 aromatic carbocycles. The Morgan fingerprint density at radius 1 is 1.22 bits per heavy atom. The van der Waals surface area contributed by atoms with Crippen molar-refractivity contribution in [3.63, 3.8) is 0 Å². The number of methoxy groups -OCH3 is 1. The van der Waals surface area contributed by atoms with Gasteiger partial charge in [0.25, 0.3) is 0 Å². The third kappa shape index (κ3) is 1.88. The quantitative estimate of drug-likeness (QED) is 0.551. The third-order valence-electron chi connectivity index (χ3n) is 3.24. The lowest BCUT2D eigenvalue weighted by Gasteiger charge is -2.30. The summed E-state index contributed by atoms with van der Waals surface area (Å²) in [5, 5.41) is 38.4. The molecule has 1 aliphatic heterocycles. The van der Waals surface area contributed by atoms with Crippen LogP contribution in [0.15, 0.2) is 24.3 Å². The van der Waals surface area contributed by atoms with Crippen molar-refractivity contribution in [2.24, 2.45) is 0 Å². The molecule has 1 aliphatic rings. The number of rotatable bonds is 3. The molecule has 0 radical (unpaired) electrons. The smallest absolute Gasteiger partial charge is 0.184 e. The van der Waals surface area contributed by atoms with Crippen molar-refractivity contribution >= 4 is 0 Å². The van der Waals surface area contributed by atoms with E-state index in [2.05, 4.69) is 0 Å². The van der Waals surface area contributed by atoms with Crippen LogP contribution in [-0.4, -0.2) is 52.6 Å². The van der Waals surface area contributed by atoms with Crippen LogP contribution in [0.1, 0.15) is 5.56 Å². The molecule has 0 aliphatic carbocycles. The van der Waals surface area contributed by atoms with Crippen LogP contribution in [-0.2, 0) is 10.3 Å². The fourth-order valence-electron chi connectivity index (χ4n) is 2.12. The lowest BCUT2D eigenvalue weighted by molar-refractivity contribution is -0.179. The zero-order valence-corrected chi connectivity index (χ0v) is 9.85. The van der Waals surface area contributed by atoms with E-state index in [-0.39, 0.29) is 0 Å². The molecule has 1 aromatic rings. The molecule has 0 amide bonds. The van der Waals surface area contributed by atoms with Gasteiger partial charge in [-0.1, -0.05) is 12.1 Å². The van der Waals surface area contributed by atoms with Gasteiger partial charge in [-0.05, 0) is 17.7 Å². The third-order valence-corrected chi connectivity index (χ3v) is 3.24. The largest absolute Gasteiger partial charge is 0.497 e. The summed E-state index contributed by atoms with van der Waals surface area (Å²) in [6.07, 6.45) is -4.40. The van der Waals surface area contributed by atoms with Gasteiger partial charge < -0.3 is 29.9 Å². The molecular weight excluding hydrogens is 240 g/mol. The molecule has 1 saturated heterocycles. The number of aliphatic hydroxyl groups is 4. The topological polar surface area (TPSA) is 99.4 Å². The molecule has 6 nitrogen and oxygen atoms in total. The van der Waals surface area contributed by atoms with Crippen LogP contribution in [0.4, 0.5) is 0 Å². The zero-order chi connectivity index (χ0) is 13.3. The number of aliphatic hydroxyl groups excluding tert-OH is 4. The molecule has 18 heavy (non-hydrogen) atoms. The first-order chi connectivity index (χ1) is 8.55. The molecule has 2 rings (SSSR count). The van der Waals surface area contributed by atoms with Gasteiger partial charge in [-0.15, -0.1) is 0 Å². The highest BCUT2D eigenvalue weighted by molar-refractivity contribution is 5.33. The fourth-order valence-corrected chi connectivity index (χ4v) is 2.12. The van der Waals surface area contributed by atoms with Crippen LogP contribution >= 0.6 is 0 Å². The monoisotopic (exact) mass is 256 g/mol. The van der Waals surface area contributed by atoms with Crippen LogP contribution in [0.25, 0.3) is 0 Å². The van der Waals surface area contributed by atoms with Crippen LogP contribution < -0.4 is 4.74 Å². The summed E-state index contributed by atoms with van der Waals surface area (Å²) in [6, 6.07) is 6.48. The van der Waals surface area contributed by atoms with E-state index >= 15 is 0 Å². The van der Waals surface area contributed by atoms with E-state index < -0.39 is 30.7 Å². The Balaban J connectivity index is 2.38. The number of ether oxygens (including phenoxy) is 2. The van der Waals surface area contributed by atoms with Crippen molar-refractivity contribution in [3.05, 3.63) is 29.8 Å². The Bertz CT molecular complexity index is 406. The Labute approximate surface area is 104 Å². The van der Waals surface area contributed by atoms with Crippen LogP contribution in [0.3, 0.4) is 0 Å². The van der Waals surface area contributed by atoms with Crippen molar-refractivity contribution in [3.8, 4) is 5.75 Å². The Hall–Kier alpha value is -1.18. The number of benzene rings is 1. The highest BCUT2D eigenvalue weighted by Crippen LogP contribution is 2.39. The van der Waals surface area contributed by atoms with Gasteiger partial charge in [0.15, 0.2) is 6.29 Å². The second-order valence-corrected chi connectivity index (χ2v) is 4.22. The zero-order valence-electron chi connectivity index (χ0n) is 9.85. The normalized spacial score (nSPS) is 35.7. The summed E-state index contributed by atoms with van der Waals surface area (Å²) >= 11 is 0. The molecule has 1 heterocycles. The first kappa shape index (κ1) is 13.3. The summed E-state index contributed by atoms with van der Waals surface area (Å²) < 4.78 is 10.1. The summed E-state index contributed by atoms with van der Waals surface area (Å²) in [6.45, 7) is -0.561. The van der Waals surface area contributed by atoms with Crippen molar-refractivity contribution in [1.82, 2.24) is 0 Å². The maximum atomic E-state index is 9.93. The standard InChI is InChI=1S/C12H16O6/c1-17-8-4-2-7(3-5-8)12(6-13)10(15)9(14)11(16)18-12/h2-5,9-11,13-16H,6H2,1H3/t9-,10+,11-,12+/m1/s1. The highest BCUT2D eigenvalue weighted by atomic mass is 16.7. The predicted molar refractivity (Wildman–Crippen MR) is 60.9 cm³/mol. The minimum atomic E-state index is -1.53. The van der Waals surface area contributed by atoms with Gasteiger partial charge in [0.1, 0.15) is 23.6 Å². The minimum Gasteiger partial charge on any atom is -0.497 e. The molecule has 0 unspecified atom stereocenters. The van der Waals surface area contributed by atoms with Crippen LogP contribution in [0.2, 0.25) is 0 Å². The molecule has 0 aromatic heterocycles. The van der Waals surface area contributed by atoms with E-state index in [4.69, 9.17) is 9.47 Å². The summed E-state index contributed by atoms with van der Waals surface area (Å²) in [5.41, 5.74) is -1.07. The summed E-state index contributed by atoms with van der Waals surface area (Å²) in [4.78, 5) is 0. The predicted octanol–water partition coefficient (Wildman–Crippen LogP) is -1.05. The maximum absolute atomic E-state index is 9.93. The minimum absolute atomic E-state index is 0.453. The van der Waals surface area contributed by atoms with Crippen molar-refractivity contribution in [2.45, 2.75) is 24.1 Å². The van der Waals surface area contributed by atoms with Crippen LogP contribution in [0, 0.1) is 0 Å². The van der Waals surface area contributed by atoms with Gasteiger partial charge in [-0.2, -0.15) is 0 Å². The van der Waals surface area contributed by atoms with Gasteiger partial charge >= 0.3 is 0 Å². The van der Waals surface area contributed by atoms with Crippen LogP contribution in [0.5, 0.6) is 5.75 Å². The Kier molecular flexibility index (Phi) is 3.56. The average molecular weight is 256 g/mol. The first-order valence-corrected chi connectivity index (χ1v) is 5.52. The lowest BCUT2D eigenvalue weighted by atomic mass is 9.88. The lowest BCUT2D eigenvalue weighted by Crippen LogP contribution is -2.43. The fraction of sp³-hybridized carbons (Fsp3) is 0.500. The SMILES string of the molecule is COc1ccc([C@]2(CO)O[C@@H](O)[C@H](O)[C@@H]2O)cc1. The summed E-state index contributed by atoms with van der Waals surface area (Å²) in [7, 11) is 1.52. The van der Waals surface area contributed by atoms with Crippen molar-refractivity contribution < 1.29 is 29.9 Å². The molecular formula is C12H16O6. The second kappa shape index (κ2) is 4.83. The van der Waals surface area contributed by atoms with Gasteiger partial charge in [0, 0.05) is 0 Å². The van der Waals surface area contributed by atoms with Gasteiger partial charge in [0.2, 0.25) is 0 Å². The summed E-state index contributed by atoms with van der Waals surface area (Å²) in [5.74, 6) is 0.612. The molecule has 0 spiro atoms. The molecule has 6 heteroatoms. The van der Waals surface area contributed by atoms with E-state index in [0.29, 0.717) is 11.3 Å². The molecule has 1 fully saturated rings. The highest BCUT2D eigenvalue weighted by Gasteiger charge is 2.54. The van der Waals surface area contributed by atoms with E-state index in [9.17, 15) is 20.4 Å². The molecule has 4 N–H and O–H groups in total. The van der Waals surface area contributed by atoms with Crippen molar-refractivity contribution in [2.75, 3.05) is 13.7 Å².